The maximum absolute atomic E-state index is 5.94. The van der Waals surface area contributed by atoms with Crippen LogP contribution in [0.2, 0.25) is 0 Å². The molecule has 0 atom stereocenters. The average molecular weight is 535 g/mol. The second kappa shape index (κ2) is 20.9. The lowest BCUT2D eigenvalue weighted by molar-refractivity contribution is -0.0199. The Labute approximate surface area is 228 Å². The van der Waals surface area contributed by atoms with E-state index in [0.29, 0.717) is 92.5 Å². The molecule has 8 nitrogen and oxygen atoms in total. The van der Waals surface area contributed by atoms with Crippen LogP contribution >= 0.6 is 0 Å². The number of aryl methyl sites for hydroxylation is 3. The van der Waals surface area contributed by atoms with Crippen molar-refractivity contribution < 1.29 is 37.9 Å². The quantitative estimate of drug-likeness (QED) is 0.194. The van der Waals surface area contributed by atoms with E-state index >= 15 is 0 Å². The fourth-order valence-electron chi connectivity index (χ4n) is 3.60. The predicted octanol–water partition coefficient (Wildman–Crippen LogP) is 4.40. The molecule has 38 heavy (non-hydrogen) atoms. The van der Waals surface area contributed by atoms with E-state index in [4.69, 9.17) is 37.9 Å². The van der Waals surface area contributed by atoms with Crippen molar-refractivity contribution in [2.75, 3.05) is 99.6 Å². The lowest BCUT2D eigenvalue weighted by Gasteiger charge is -2.12. The lowest BCUT2D eigenvalue weighted by atomic mass is 9.97. The van der Waals surface area contributed by atoms with Crippen LogP contribution in [0, 0.1) is 20.8 Å². The van der Waals surface area contributed by atoms with E-state index < -0.39 is 0 Å². The van der Waals surface area contributed by atoms with Crippen molar-refractivity contribution in [3.05, 3.63) is 53.1 Å². The molecule has 0 unspecified atom stereocenters. The first-order valence-electron chi connectivity index (χ1n) is 13.4. The number of hydrogen-bond acceptors (Lipinski definition) is 8. The van der Waals surface area contributed by atoms with Crippen LogP contribution in [-0.4, -0.2) is 99.6 Å². The van der Waals surface area contributed by atoms with Crippen molar-refractivity contribution in [1.82, 2.24) is 0 Å². The van der Waals surface area contributed by atoms with E-state index in [1.807, 2.05) is 0 Å². The summed E-state index contributed by atoms with van der Waals surface area (Å²) in [5.41, 5.74) is 6.09. The van der Waals surface area contributed by atoms with Gasteiger partial charge in [-0.15, -0.1) is 0 Å². The van der Waals surface area contributed by atoms with Crippen LogP contribution in [-0.2, 0) is 33.2 Å². The van der Waals surface area contributed by atoms with Crippen LogP contribution in [0.5, 0.6) is 5.75 Å². The molecule has 0 fully saturated rings. The molecule has 0 amide bonds. The van der Waals surface area contributed by atoms with Gasteiger partial charge < -0.3 is 37.9 Å². The van der Waals surface area contributed by atoms with Gasteiger partial charge in [0.15, 0.2) is 0 Å². The third-order valence-corrected chi connectivity index (χ3v) is 5.54. The smallest absolute Gasteiger partial charge is 0.120 e. The molecule has 0 bridgehead atoms. The number of benzene rings is 2. The van der Waals surface area contributed by atoms with Crippen LogP contribution in [0.15, 0.2) is 36.4 Å². The molecule has 0 radical (unpaired) electrons. The third-order valence-electron chi connectivity index (χ3n) is 5.54. The van der Waals surface area contributed by atoms with E-state index in [0.717, 1.165) is 5.75 Å². The fraction of sp³-hybridized carbons (Fsp3) is 0.600. The zero-order valence-corrected chi connectivity index (χ0v) is 23.6. The van der Waals surface area contributed by atoms with Crippen molar-refractivity contribution in [2.24, 2.45) is 0 Å². The Balaban J connectivity index is 1.40. The van der Waals surface area contributed by atoms with Crippen LogP contribution < -0.4 is 4.74 Å². The monoisotopic (exact) mass is 534 g/mol. The van der Waals surface area contributed by atoms with E-state index in [-0.39, 0.29) is 0 Å². The van der Waals surface area contributed by atoms with Crippen molar-refractivity contribution in [1.29, 1.82) is 0 Å². The molecule has 2 rings (SSSR count). The predicted molar refractivity (Wildman–Crippen MR) is 148 cm³/mol. The van der Waals surface area contributed by atoms with Gasteiger partial charge in [-0.05, 0) is 55.2 Å². The van der Waals surface area contributed by atoms with Gasteiger partial charge in [0.1, 0.15) is 12.4 Å². The molecule has 2 aromatic carbocycles. The van der Waals surface area contributed by atoms with E-state index in [1.54, 1.807) is 7.11 Å². The molecule has 214 valence electrons. The normalized spacial score (nSPS) is 11.3. The largest absolute Gasteiger partial charge is 0.491 e. The first kappa shape index (κ1) is 32.2. The summed E-state index contributed by atoms with van der Waals surface area (Å²) in [4.78, 5) is 0. The first-order valence-corrected chi connectivity index (χ1v) is 13.4. The van der Waals surface area contributed by atoms with Crippen LogP contribution in [0.25, 0.3) is 11.1 Å². The molecule has 0 aliphatic heterocycles. The summed E-state index contributed by atoms with van der Waals surface area (Å²) in [5.74, 6) is 0.859. The Morgan fingerprint density at radius 1 is 0.474 bits per heavy atom. The Hall–Kier alpha value is -2.04. The Morgan fingerprint density at radius 2 is 0.947 bits per heavy atom. The zero-order chi connectivity index (χ0) is 27.3. The van der Waals surface area contributed by atoms with Gasteiger partial charge in [0, 0.05) is 7.11 Å². The summed E-state index contributed by atoms with van der Waals surface area (Å²) in [6, 6.07) is 12.9. The molecule has 2 aromatic rings. The standard InChI is InChI=1S/C30H46O8/c1-25-5-6-27(3)30(23-25)28-21-26(2)22-29(24-28)38-20-19-37-18-17-36-16-15-35-14-13-34-12-11-33-10-9-32-8-7-31-4/h5-6,21-24H,7-20H2,1-4H3. The molecule has 0 aromatic heterocycles. The number of rotatable bonds is 23. The Bertz CT molecular complexity index is 873. The average Bonchev–Trinajstić information content (AvgIpc) is 2.90. The van der Waals surface area contributed by atoms with Crippen molar-refractivity contribution in [3.8, 4) is 16.9 Å². The molecule has 0 aliphatic rings. The highest BCUT2D eigenvalue weighted by Gasteiger charge is 2.06. The van der Waals surface area contributed by atoms with Gasteiger partial charge in [-0.25, -0.2) is 0 Å². The molecular weight excluding hydrogens is 488 g/mol. The van der Waals surface area contributed by atoms with Gasteiger partial charge in [-0.1, -0.05) is 29.8 Å². The second-order valence-electron chi connectivity index (χ2n) is 8.87. The first-order chi connectivity index (χ1) is 18.6. The van der Waals surface area contributed by atoms with Crippen LogP contribution in [0.4, 0.5) is 0 Å². The number of ether oxygens (including phenoxy) is 8. The second-order valence-corrected chi connectivity index (χ2v) is 8.87. The molecule has 0 spiro atoms. The molecule has 8 heteroatoms. The van der Waals surface area contributed by atoms with Crippen molar-refractivity contribution >= 4 is 0 Å². The summed E-state index contributed by atoms with van der Waals surface area (Å²) in [6.45, 7) is 13.9. The highest BCUT2D eigenvalue weighted by atomic mass is 16.6. The molecule has 0 saturated carbocycles. The van der Waals surface area contributed by atoms with E-state index in [1.165, 1.54) is 27.8 Å². The van der Waals surface area contributed by atoms with Gasteiger partial charge in [0.25, 0.3) is 0 Å². The van der Waals surface area contributed by atoms with E-state index in [9.17, 15) is 0 Å². The summed E-state index contributed by atoms with van der Waals surface area (Å²) in [5, 5.41) is 0. The summed E-state index contributed by atoms with van der Waals surface area (Å²) < 4.78 is 43.7. The maximum atomic E-state index is 5.94. The van der Waals surface area contributed by atoms with Crippen molar-refractivity contribution in [2.45, 2.75) is 20.8 Å². The molecule has 0 saturated heterocycles. The zero-order valence-electron chi connectivity index (χ0n) is 23.6. The number of methoxy groups -OCH3 is 1. The Kier molecular flexibility index (Phi) is 17.7. The minimum Gasteiger partial charge on any atom is -0.491 e. The van der Waals surface area contributed by atoms with Crippen LogP contribution in [0.1, 0.15) is 16.7 Å². The van der Waals surface area contributed by atoms with Gasteiger partial charge >= 0.3 is 0 Å². The molecule has 0 heterocycles. The summed E-state index contributed by atoms with van der Waals surface area (Å²) in [6.07, 6.45) is 0. The maximum Gasteiger partial charge on any atom is 0.120 e. The topological polar surface area (TPSA) is 73.8 Å². The fourth-order valence-corrected chi connectivity index (χ4v) is 3.60. The Morgan fingerprint density at radius 3 is 1.45 bits per heavy atom. The van der Waals surface area contributed by atoms with Gasteiger partial charge in [0.05, 0.1) is 85.9 Å². The third kappa shape index (κ3) is 14.8. The minimum absolute atomic E-state index is 0.492. The van der Waals surface area contributed by atoms with Gasteiger partial charge in [-0.3, -0.25) is 0 Å². The highest BCUT2D eigenvalue weighted by molar-refractivity contribution is 5.70. The number of hydrogen-bond donors (Lipinski definition) is 0. The van der Waals surface area contributed by atoms with Crippen LogP contribution in [0.3, 0.4) is 0 Å². The molecule has 0 N–H and O–H groups in total. The van der Waals surface area contributed by atoms with Gasteiger partial charge in [-0.2, -0.15) is 0 Å². The SMILES string of the molecule is COCCOCCOCCOCCOCCOCCOCCOc1cc(C)cc(-c2cc(C)ccc2C)c1. The van der Waals surface area contributed by atoms with Gasteiger partial charge in [0.2, 0.25) is 0 Å². The van der Waals surface area contributed by atoms with Crippen molar-refractivity contribution in [3.63, 3.8) is 0 Å². The molecule has 0 aliphatic carbocycles. The molecular formula is C30H46O8. The summed E-state index contributed by atoms with van der Waals surface area (Å²) >= 11 is 0. The lowest BCUT2D eigenvalue weighted by Crippen LogP contribution is -2.15. The minimum atomic E-state index is 0.492. The highest BCUT2D eigenvalue weighted by Crippen LogP contribution is 2.29. The van der Waals surface area contributed by atoms with E-state index in [2.05, 4.69) is 57.2 Å². The summed E-state index contributed by atoms with van der Waals surface area (Å²) in [7, 11) is 1.65.